The van der Waals surface area contributed by atoms with Gasteiger partial charge in [-0.1, -0.05) is 36.2 Å². The number of azo groups is 1. The highest BCUT2D eigenvalue weighted by molar-refractivity contribution is 9.10. The summed E-state index contributed by atoms with van der Waals surface area (Å²) in [5, 5.41) is 21.5. The van der Waals surface area contributed by atoms with Crippen molar-refractivity contribution in [2.75, 3.05) is 6.54 Å². The third-order valence-corrected chi connectivity index (χ3v) is 5.27. The molecule has 2 aromatic carbocycles. The Labute approximate surface area is 186 Å². The molecule has 0 saturated heterocycles. The van der Waals surface area contributed by atoms with Crippen molar-refractivity contribution in [3.8, 4) is 5.88 Å². The van der Waals surface area contributed by atoms with Crippen molar-refractivity contribution in [2.24, 2.45) is 10.2 Å². The smallest absolute Gasteiger partial charge is 0.264 e. The Morgan fingerprint density at radius 2 is 1.90 bits per heavy atom. The van der Waals surface area contributed by atoms with E-state index in [1.54, 1.807) is 24.3 Å². The molecule has 0 unspecified atom stereocenters. The Balaban J connectivity index is 1.43. The zero-order valence-corrected chi connectivity index (χ0v) is 18.3. The molecule has 3 N–H and O–H groups in total. The Morgan fingerprint density at radius 3 is 2.67 bits per heavy atom. The van der Waals surface area contributed by atoms with E-state index in [1.807, 2.05) is 18.2 Å². The molecule has 3 rings (SSSR count). The Hall–Kier alpha value is -2.71. The van der Waals surface area contributed by atoms with Crippen LogP contribution in [0.25, 0.3) is 10.9 Å². The van der Waals surface area contributed by atoms with E-state index in [1.165, 1.54) is 0 Å². The lowest BCUT2D eigenvalue weighted by Crippen LogP contribution is -2.24. The Morgan fingerprint density at radius 1 is 1.13 bits per heavy atom. The number of rotatable bonds is 8. The number of amides is 2. The predicted molar refractivity (Wildman–Crippen MR) is 119 cm³/mol. The number of aromatic nitrogens is 1. The van der Waals surface area contributed by atoms with Gasteiger partial charge in [0.05, 0.1) is 5.52 Å². The first kappa shape index (κ1) is 22.0. The van der Waals surface area contributed by atoms with E-state index < -0.39 is 0 Å². The number of aromatic hydroxyl groups is 1. The SMILES string of the molecule is O=C(CCCCCNC(=O)c1ccccc1)N=Nc1c(O)[nH]c2c(Br)cc(Cl)cc12. The number of hydrogen-bond donors (Lipinski definition) is 3. The Kier molecular flexibility index (Phi) is 7.59. The number of carbonyl (C=O) groups excluding carboxylic acids is 2. The minimum atomic E-state index is -0.377. The third kappa shape index (κ3) is 5.67. The molecule has 0 radical (unpaired) electrons. The molecule has 156 valence electrons. The molecule has 3 aromatic rings. The number of aromatic amines is 1. The zero-order valence-electron chi connectivity index (χ0n) is 16.0. The van der Waals surface area contributed by atoms with Gasteiger partial charge >= 0.3 is 0 Å². The lowest BCUT2D eigenvalue weighted by Gasteiger charge is -2.04. The lowest BCUT2D eigenvalue weighted by atomic mass is 10.2. The van der Waals surface area contributed by atoms with Crippen LogP contribution in [0.1, 0.15) is 36.0 Å². The summed E-state index contributed by atoms with van der Waals surface area (Å²) in [6, 6.07) is 12.3. The molecule has 30 heavy (non-hydrogen) atoms. The molecule has 0 saturated carbocycles. The van der Waals surface area contributed by atoms with Crippen LogP contribution < -0.4 is 5.32 Å². The summed E-state index contributed by atoms with van der Waals surface area (Å²) in [6.07, 6.45) is 2.41. The van der Waals surface area contributed by atoms with Gasteiger partial charge in [0.25, 0.3) is 11.8 Å². The van der Waals surface area contributed by atoms with Gasteiger partial charge in [-0.3, -0.25) is 9.59 Å². The molecule has 0 aliphatic rings. The number of fused-ring (bicyclic) bond motifs is 1. The van der Waals surface area contributed by atoms with Crippen molar-refractivity contribution >= 4 is 55.9 Å². The number of nitrogens with zero attached hydrogens (tertiary/aromatic N) is 2. The summed E-state index contributed by atoms with van der Waals surface area (Å²) in [7, 11) is 0. The normalized spacial score (nSPS) is 11.3. The van der Waals surface area contributed by atoms with Crippen LogP contribution in [0.15, 0.2) is 57.2 Å². The fourth-order valence-corrected chi connectivity index (χ4v) is 3.83. The minimum Gasteiger partial charge on any atom is -0.493 e. The van der Waals surface area contributed by atoms with E-state index in [-0.39, 0.29) is 29.8 Å². The lowest BCUT2D eigenvalue weighted by molar-refractivity contribution is -0.118. The van der Waals surface area contributed by atoms with Gasteiger partial charge in [0, 0.05) is 33.4 Å². The van der Waals surface area contributed by atoms with Crippen molar-refractivity contribution in [1.29, 1.82) is 0 Å². The molecule has 1 heterocycles. The van der Waals surface area contributed by atoms with E-state index in [4.69, 9.17) is 11.6 Å². The summed E-state index contributed by atoms with van der Waals surface area (Å²) in [5.74, 6) is -0.664. The van der Waals surface area contributed by atoms with E-state index in [9.17, 15) is 14.7 Å². The van der Waals surface area contributed by atoms with Crippen LogP contribution >= 0.6 is 27.5 Å². The van der Waals surface area contributed by atoms with Gasteiger partial charge < -0.3 is 15.4 Å². The largest absolute Gasteiger partial charge is 0.493 e. The molecule has 1 aromatic heterocycles. The number of H-pyrrole nitrogens is 1. The van der Waals surface area contributed by atoms with Crippen LogP contribution in [-0.2, 0) is 4.79 Å². The first-order valence-corrected chi connectivity index (χ1v) is 10.6. The molecule has 0 aliphatic carbocycles. The highest BCUT2D eigenvalue weighted by atomic mass is 79.9. The van der Waals surface area contributed by atoms with Gasteiger partial charge in [0.2, 0.25) is 5.88 Å². The maximum atomic E-state index is 12.0. The molecular weight excluding hydrogens is 472 g/mol. The average Bonchev–Trinajstić information content (AvgIpc) is 3.05. The van der Waals surface area contributed by atoms with E-state index in [0.29, 0.717) is 38.9 Å². The molecule has 0 aliphatic heterocycles. The number of benzene rings is 2. The monoisotopic (exact) mass is 490 g/mol. The van der Waals surface area contributed by atoms with Crippen molar-refractivity contribution in [3.63, 3.8) is 0 Å². The van der Waals surface area contributed by atoms with Crippen LogP contribution in [-0.4, -0.2) is 28.4 Å². The minimum absolute atomic E-state index is 0.106. The number of carbonyl (C=O) groups is 2. The van der Waals surface area contributed by atoms with Crippen molar-refractivity contribution in [2.45, 2.75) is 25.7 Å². The Bertz CT molecular complexity index is 1080. The van der Waals surface area contributed by atoms with Crippen LogP contribution in [0.2, 0.25) is 5.02 Å². The first-order chi connectivity index (χ1) is 14.5. The summed E-state index contributed by atoms with van der Waals surface area (Å²) < 4.78 is 0.674. The second-order valence-corrected chi connectivity index (χ2v) is 7.95. The summed E-state index contributed by atoms with van der Waals surface area (Å²) in [6.45, 7) is 0.544. The van der Waals surface area contributed by atoms with Gasteiger partial charge in [0.15, 0.2) is 5.69 Å². The second kappa shape index (κ2) is 10.4. The van der Waals surface area contributed by atoms with Crippen LogP contribution in [0.3, 0.4) is 0 Å². The number of halogens is 2. The topological polar surface area (TPSA) is 107 Å². The number of nitrogens with one attached hydrogen (secondary N) is 2. The molecule has 0 spiro atoms. The van der Waals surface area contributed by atoms with Gasteiger partial charge in [-0.05, 0) is 53.0 Å². The number of hydrogen-bond acceptors (Lipinski definition) is 4. The van der Waals surface area contributed by atoms with Gasteiger partial charge in [-0.25, -0.2) is 0 Å². The molecular formula is C21H20BrClN4O3. The standard InChI is InChI=1S/C21H20BrClN4O3/c22-16-12-14(23)11-15-18(16)25-21(30)19(15)27-26-17(28)9-5-2-6-10-24-20(29)13-7-3-1-4-8-13/h1,3-4,7-8,11-12,25,30H,2,5-6,9-10H2,(H,24,29). The first-order valence-electron chi connectivity index (χ1n) is 9.43. The summed E-state index contributed by atoms with van der Waals surface area (Å²) >= 11 is 9.40. The second-order valence-electron chi connectivity index (χ2n) is 6.66. The van der Waals surface area contributed by atoms with Gasteiger partial charge in [-0.15, -0.1) is 10.2 Å². The number of unbranched alkanes of at least 4 members (excludes halogenated alkanes) is 2. The third-order valence-electron chi connectivity index (χ3n) is 4.43. The highest BCUT2D eigenvalue weighted by Gasteiger charge is 2.14. The van der Waals surface area contributed by atoms with Gasteiger partial charge in [0.1, 0.15) is 0 Å². The molecule has 0 bridgehead atoms. The molecule has 2 amide bonds. The van der Waals surface area contributed by atoms with E-state index in [2.05, 4.69) is 36.5 Å². The van der Waals surface area contributed by atoms with Crippen molar-refractivity contribution < 1.29 is 14.7 Å². The fourth-order valence-electron chi connectivity index (χ4n) is 2.92. The summed E-state index contributed by atoms with van der Waals surface area (Å²) in [4.78, 5) is 26.7. The van der Waals surface area contributed by atoms with E-state index in [0.717, 1.165) is 12.8 Å². The predicted octanol–water partition coefficient (Wildman–Crippen LogP) is 5.89. The zero-order chi connectivity index (χ0) is 21.5. The van der Waals surface area contributed by atoms with Crippen LogP contribution in [0.4, 0.5) is 5.69 Å². The highest BCUT2D eigenvalue weighted by Crippen LogP contribution is 2.40. The van der Waals surface area contributed by atoms with Crippen LogP contribution in [0.5, 0.6) is 5.88 Å². The van der Waals surface area contributed by atoms with E-state index >= 15 is 0 Å². The molecule has 9 heteroatoms. The van der Waals surface area contributed by atoms with Gasteiger partial charge in [-0.2, -0.15) is 0 Å². The average molecular weight is 492 g/mol. The van der Waals surface area contributed by atoms with Crippen molar-refractivity contribution in [3.05, 3.63) is 57.5 Å². The molecule has 0 fully saturated rings. The van der Waals surface area contributed by atoms with Crippen molar-refractivity contribution in [1.82, 2.24) is 10.3 Å². The quantitative estimate of drug-likeness (QED) is 0.270. The fraction of sp³-hybridized carbons (Fsp3) is 0.238. The molecule has 0 atom stereocenters. The molecule has 7 nitrogen and oxygen atoms in total. The summed E-state index contributed by atoms with van der Waals surface area (Å²) in [5.41, 5.74) is 1.42. The maximum absolute atomic E-state index is 12.0. The maximum Gasteiger partial charge on any atom is 0.264 e. The van der Waals surface area contributed by atoms with Crippen LogP contribution in [0, 0.1) is 0 Å².